The molecule has 66 heavy (non-hydrogen) atoms. The topological polar surface area (TPSA) is 48.5 Å². The van der Waals surface area contributed by atoms with Gasteiger partial charge in [-0.3, -0.25) is 0 Å². The largest absolute Gasteiger partial charge is 0.309 e. The van der Waals surface area contributed by atoms with Crippen molar-refractivity contribution in [2.75, 3.05) is 0 Å². The van der Waals surface area contributed by atoms with Gasteiger partial charge in [0.25, 0.3) is 0 Å². The van der Waals surface area contributed by atoms with Crippen LogP contribution in [0.25, 0.3) is 132 Å². The molecule has 0 fully saturated rings. The lowest BCUT2D eigenvalue weighted by Crippen LogP contribution is -2.01. The highest BCUT2D eigenvalue weighted by atomic mass is 15.0. The maximum Gasteiger partial charge on any atom is 0.164 e. The van der Waals surface area contributed by atoms with Gasteiger partial charge < -0.3 is 9.13 Å². The van der Waals surface area contributed by atoms with E-state index >= 15 is 0 Å². The highest BCUT2D eigenvalue weighted by molar-refractivity contribution is 6.16. The van der Waals surface area contributed by atoms with Crippen molar-refractivity contribution in [3.63, 3.8) is 0 Å². The lowest BCUT2D eigenvalue weighted by atomic mass is 10.0. The van der Waals surface area contributed by atoms with Gasteiger partial charge in [-0.25, -0.2) is 15.0 Å². The van der Waals surface area contributed by atoms with Gasteiger partial charge in [-0.05, 0) is 116 Å². The van der Waals surface area contributed by atoms with Gasteiger partial charge in [-0.2, -0.15) is 0 Å². The molecule has 3 heterocycles. The predicted molar refractivity (Wildman–Crippen MR) is 275 cm³/mol. The smallest absolute Gasteiger partial charge is 0.164 e. The van der Waals surface area contributed by atoms with Crippen LogP contribution in [0.2, 0.25) is 0 Å². The maximum absolute atomic E-state index is 5.22. The second-order valence-electron chi connectivity index (χ2n) is 17.2. The van der Waals surface area contributed by atoms with Crippen LogP contribution in [-0.2, 0) is 0 Å². The standard InChI is InChI=1S/C61H37N5/c1-3-17-43-35-57-52(33-41(43)15-1)49-23-9-10-26-55(49)66(57)46-31-32-56-54(37-46)53-34-42-16-2-4-18-44(42)36-58(53)65(56)45-29-27-40(28-30-45)59-62-60(50-24-11-19-38-13-5-7-21-47(38)50)64-61(63-59)51-25-12-20-39-14-6-8-22-48(39)51/h1-37H. The number of benzene rings is 11. The maximum atomic E-state index is 5.22. The molecule has 306 valence electrons. The van der Waals surface area contributed by atoms with Crippen molar-refractivity contribution >= 4 is 86.7 Å². The van der Waals surface area contributed by atoms with Crippen LogP contribution >= 0.6 is 0 Å². The minimum Gasteiger partial charge on any atom is -0.309 e. The van der Waals surface area contributed by atoms with Crippen LogP contribution in [0.5, 0.6) is 0 Å². The lowest BCUT2D eigenvalue weighted by Gasteiger charge is -2.13. The summed E-state index contributed by atoms with van der Waals surface area (Å²) in [5.74, 6) is 1.91. The molecule has 0 bridgehead atoms. The fourth-order valence-corrected chi connectivity index (χ4v) is 10.4. The van der Waals surface area contributed by atoms with Gasteiger partial charge in [0.05, 0.1) is 22.1 Å². The van der Waals surface area contributed by atoms with Gasteiger partial charge >= 0.3 is 0 Å². The number of fused-ring (bicyclic) bond motifs is 10. The monoisotopic (exact) mass is 839 g/mol. The molecule has 0 radical (unpaired) electrons. The number of rotatable bonds is 5. The molecule has 11 aromatic carbocycles. The van der Waals surface area contributed by atoms with E-state index in [1.165, 1.54) is 54.1 Å². The number of aromatic nitrogens is 5. The first-order valence-corrected chi connectivity index (χ1v) is 22.4. The molecule has 0 amide bonds. The van der Waals surface area contributed by atoms with Gasteiger partial charge in [-0.15, -0.1) is 0 Å². The molecule has 0 unspecified atom stereocenters. The summed E-state index contributed by atoms with van der Waals surface area (Å²) in [5, 5.41) is 14.3. The van der Waals surface area contributed by atoms with Crippen LogP contribution in [0.15, 0.2) is 224 Å². The minimum absolute atomic E-state index is 0.624. The molecule has 3 aromatic heterocycles. The molecule has 0 saturated carbocycles. The van der Waals surface area contributed by atoms with E-state index in [1.807, 2.05) is 0 Å². The average Bonchev–Trinajstić information content (AvgIpc) is 3.87. The molecule has 14 rings (SSSR count). The molecular formula is C61H37N5. The Hall–Kier alpha value is -8.93. The van der Waals surface area contributed by atoms with E-state index in [1.54, 1.807) is 0 Å². The predicted octanol–water partition coefficient (Wildman–Crippen LogP) is 15.7. The molecule has 0 aliphatic heterocycles. The zero-order valence-electron chi connectivity index (χ0n) is 35.6. The first-order chi connectivity index (χ1) is 32.7. The third kappa shape index (κ3) is 5.63. The molecule has 5 heteroatoms. The fourth-order valence-electron chi connectivity index (χ4n) is 10.4. The molecule has 0 N–H and O–H groups in total. The molecular weight excluding hydrogens is 803 g/mol. The van der Waals surface area contributed by atoms with E-state index in [-0.39, 0.29) is 0 Å². The van der Waals surface area contributed by atoms with Gasteiger partial charge in [0, 0.05) is 49.6 Å². The normalized spacial score (nSPS) is 11.9. The van der Waals surface area contributed by atoms with Crippen molar-refractivity contribution in [1.82, 2.24) is 24.1 Å². The summed E-state index contributed by atoms with van der Waals surface area (Å²) in [6.45, 7) is 0. The van der Waals surface area contributed by atoms with Crippen molar-refractivity contribution in [3.8, 4) is 45.5 Å². The molecule has 0 spiro atoms. The summed E-state index contributed by atoms with van der Waals surface area (Å²) in [6, 6.07) is 80.6. The molecule has 0 aliphatic rings. The summed E-state index contributed by atoms with van der Waals surface area (Å²) >= 11 is 0. The minimum atomic E-state index is 0.624. The van der Waals surface area contributed by atoms with Gasteiger partial charge in [-0.1, -0.05) is 152 Å². The third-order valence-electron chi connectivity index (χ3n) is 13.5. The summed E-state index contributed by atoms with van der Waals surface area (Å²) < 4.78 is 4.84. The lowest BCUT2D eigenvalue weighted by molar-refractivity contribution is 1.08. The Morgan fingerprint density at radius 2 is 0.652 bits per heavy atom. The fraction of sp³-hybridized carbons (Fsp3) is 0. The second-order valence-corrected chi connectivity index (χ2v) is 17.2. The summed E-state index contributed by atoms with van der Waals surface area (Å²) in [4.78, 5) is 15.6. The molecule has 0 atom stereocenters. The number of hydrogen-bond donors (Lipinski definition) is 0. The van der Waals surface area contributed by atoms with Crippen LogP contribution in [0.1, 0.15) is 0 Å². The quantitative estimate of drug-likeness (QED) is 0.173. The number of nitrogens with zero attached hydrogens (tertiary/aromatic N) is 5. The summed E-state index contributed by atoms with van der Waals surface area (Å²) in [6.07, 6.45) is 0. The Kier molecular flexibility index (Phi) is 7.91. The highest BCUT2D eigenvalue weighted by Crippen LogP contribution is 2.40. The third-order valence-corrected chi connectivity index (χ3v) is 13.5. The summed E-state index contributed by atoms with van der Waals surface area (Å²) in [7, 11) is 0. The first-order valence-electron chi connectivity index (χ1n) is 22.4. The molecule has 5 nitrogen and oxygen atoms in total. The SMILES string of the molecule is c1ccc2cc3c(cc2c1)c1ccccc1n3-c1ccc2c(c1)c1cc3ccccc3cc1n2-c1ccc(-c2nc(-c3cccc4ccccc34)nc(-c3cccc4ccccc34)n2)cc1. The second kappa shape index (κ2) is 14.3. The molecule has 0 saturated heterocycles. The zero-order chi connectivity index (χ0) is 43.3. The van der Waals surface area contributed by atoms with E-state index < -0.39 is 0 Å². The Labute approximate surface area is 379 Å². The van der Waals surface area contributed by atoms with E-state index in [2.05, 4.69) is 234 Å². The highest BCUT2D eigenvalue weighted by Gasteiger charge is 2.20. The van der Waals surface area contributed by atoms with Crippen molar-refractivity contribution in [2.24, 2.45) is 0 Å². The number of para-hydroxylation sites is 1. The average molecular weight is 840 g/mol. The van der Waals surface area contributed by atoms with Crippen LogP contribution in [0, 0.1) is 0 Å². The Balaban J connectivity index is 0.955. The Morgan fingerprint density at radius 1 is 0.242 bits per heavy atom. The summed E-state index contributed by atoms with van der Waals surface area (Å²) in [5.41, 5.74) is 9.73. The van der Waals surface area contributed by atoms with E-state index in [0.717, 1.165) is 60.6 Å². The van der Waals surface area contributed by atoms with Crippen molar-refractivity contribution < 1.29 is 0 Å². The molecule has 0 aliphatic carbocycles. The zero-order valence-corrected chi connectivity index (χ0v) is 35.6. The molecule has 14 aromatic rings. The van der Waals surface area contributed by atoms with Crippen LogP contribution < -0.4 is 0 Å². The van der Waals surface area contributed by atoms with Crippen LogP contribution in [0.4, 0.5) is 0 Å². The Bertz CT molecular complexity index is 4180. The van der Waals surface area contributed by atoms with Gasteiger partial charge in [0.15, 0.2) is 17.5 Å². The number of hydrogen-bond acceptors (Lipinski definition) is 3. The van der Waals surface area contributed by atoms with E-state index in [0.29, 0.717) is 17.5 Å². The van der Waals surface area contributed by atoms with Crippen molar-refractivity contribution in [3.05, 3.63) is 224 Å². The van der Waals surface area contributed by atoms with Gasteiger partial charge in [0.1, 0.15) is 0 Å². The first kappa shape index (κ1) is 36.5. The van der Waals surface area contributed by atoms with Crippen LogP contribution in [0.3, 0.4) is 0 Å². The van der Waals surface area contributed by atoms with Gasteiger partial charge in [0.2, 0.25) is 0 Å². The van der Waals surface area contributed by atoms with E-state index in [4.69, 9.17) is 15.0 Å². The van der Waals surface area contributed by atoms with E-state index in [9.17, 15) is 0 Å². The van der Waals surface area contributed by atoms with Crippen LogP contribution in [-0.4, -0.2) is 24.1 Å². The Morgan fingerprint density at radius 3 is 1.24 bits per heavy atom. The van der Waals surface area contributed by atoms with Crippen molar-refractivity contribution in [2.45, 2.75) is 0 Å². The van der Waals surface area contributed by atoms with Crippen molar-refractivity contribution in [1.29, 1.82) is 0 Å².